The van der Waals surface area contributed by atoms with Gasteiger partial charge >= 0.3 is 0 Å². The number of rotatable bonds is 7. The molecule has 0 N–H and O–H groups in total. The molecule has 27 heavy (non-hydrogen) atoms. The molecule has 2 fully saturated rings. The molecule has 0 spiro atoms. The Bertz CT molecular complexity index is 634. The smallest absolute Gasteiger partial charge is 0.222 e. The number of likely N-dealkylation sites (N-methyl/N-ethyl adjacent to an activating group) is 1. The molecule has 148 valence electrons. The summed E-state index contributed by atoms with van der Waals surface area (Å²) in [5.74, 6) is 1.44. The first-order chi connectivity index (χ1) is 13.1. The van der Waals surface area contributed by atoms with Crippen LogP contribution in [0.3, 0.4) is 0 Å². The van der Waals surface area contributed by atoms with Gasteiger partial charge in [-0.15, -0.1) is 0 Å². The third-order valence-corrected chi connectivity index (χ3v) is 6.18. The number of carbonyl (C=O) groups excluding carboxylic acids is 2. The molecular formula is C22H33N3O2. The van der Waals surface area contributed by atoms with Crippen molar-refractivity contribution >= 4 is 11.7 Å². The molecule has 5 heteroatoms. The lowest BCUT2D eigenvalue weighted by Crippen LogP contribution is -2.52. The Morgan fingerprint density at radius 1 is 1.37 bits per heavy atom. The van der Waals surface area contributed by atoms with Crippen LogP contribution in [0.1, 0.15) is 51.1 Å². The predicted octanol–water partition coefficient (Wildman–Crippen LogP) is 2.94. The second-order valence-corrected chi connectivity index (χ2v) is 8.30. The first-order valence-corrected chi connectivity index (χ1v) is 10.5. The fourth-order valence-electron chi connectivity index (χ4n) is 4.81. The summed E-state index contributed by atoms with van der Waals surface area (Å²) in [5, 5.41) is 0. The van der Waals surface area contributed by atoms with Crippen LogP contribution >= 0.6 is 0 Å². The molecule has 3 atom stereocenters. The lowest BCUT2D eigenvalue weighted by atomic mass is 9.73. The molecular weight excluding hydrogens is 338 g/mol. The van der Waals surface area contributed by atoms with Crippen molar-refractivity contribution in [2.75, 3.05) is 26.7 Å². The molecule has 2 aliphatic rings. The number of nitrogens with zero attached hydrogens (tertiary/aromatic N) is 3. The lowest BCUT2D eigenvalue weighted by Gasteiger charge is -2.47. The molecule has 1 aromatic heterocycles. The van der Waals surface area contributed by atoms with Gasteiger partial charge in [-0.25, -0.2) is 0 Å². The number of piperidine rings is 1. The standard InChI is InChI=1S/C22H33N3O2/c1-3-11-25-16-17(13-18-15-20(26)7-8-21(18)25)14-22(27)24(2)12-9-19-6-4-5-10-23-19/h4-6,10,17-18,21H,3,7-9,11-16H2,1-2H3/t17-,18-,21-/m1/s1. The molecule has 1 aromatic rings. The van der Waals surface area contributed by atoms with E-state index in [0.717, 1.165) is 50.9 Å². The Morgan fingerprint density at radius 2 is 2.22 bits per heavy atom. The maximum atomic E-state index is 12.7. The highest BCUT2D eigenvalue weighted by Crippen LogP contribution is 2.37. The molecule has 1 saturated heterocycles. The third kappa shape index (κ3) is 5.38. The summed E-state index contributed by atoms with van der Waals surface area (Å²) in [7, 11) is 1.89. The molecule has 5 nitrogen and oxygen atoms in total. The maximum absolute atomic E-state index is 12.7. The molecule has 3 rings (SSSR count). The lowest BCUT2D eigenvalue weighted by molar-refractivity contribution is -0.132. The topological polar surface area (TPSA) is 53.5 Å². The van der Waals surface area contributed by atoms with Gasteiger partial charge in [-0.3, -0.25) is 19.5 Å². The Kier molecular flexibility index (Phi) is 7.00. The molecule has 0 aromatic carbocycles. The Morgan fingerprint density at radius 3 is 2.96 bits per heavy atom. The van der Waals surface area contributed by atoms with Crippen molar-refractivity contribution in [1.82, 2.24) is 14.8 Å². The van der Waals surface area contributed by atoms with E-state index < -0.39 is 0 Å². The number of aromatic nitrogens is 1. The average molecular weight is 372 g/mol. The van der Waals surface area contributed by atoms with Gasteiger partial charge in [-0.1, -0.05) is 13.0 Å². The largest absolute Gasteiger partial charge is 0.345 e. The maximum Gasteiger partial charge on any atom is 0.222 e. The SMILES string of the molecule is CCCN1C[C@@H](CC(=O)N(C)CCc2ccccn2)C[C@@H]2CC(=O)CC[C@H]21. The van der Waals surface area contributed by atoms with Crippen molar-refractivity contribution in [1.29, 1.82) is 0 Å². The van der Waals surface area contributed by atoms with Gasteiger partial charge < -0.3 is 4.90 Å². The molecule has 1 aliphatic heterocycles. The van der Waals surface area contributed by atoms with E-state index in [2.05, 4.69) is 16.8 Å². The van der Waals surface area contributed by atoms with Crippen molar-refractivity contribution in [3.8, 4) is 0 Å². The van der Waals surface area contributed by atoms with E-state index in [1.165, 1.54) is 0 Å². The van der Waals surface area contributed by atoms with E-state index in [9.17, 15) is 9.59 Å². The van der Waals surface area contributed by atoms with E-state index in [-0.39, 0.29) is 5.91 Å². The van der Waals surface area contributed by atoms with Crippen molar-refractivity contribution in [2.45, 2.75) is 57.9 Å². The average Bonchev–Trinajstić information content (AvgIpc) is 2.66. The van der Waals surface area contributed by atoms with Crippen LogP contribution in [-0.2, 0) is 16.0 Å². The summed E-state index contributed by atoms with van der Waals surface area (Å²) in [6.07, 6.45) is 7.79. The van der Waals surface area contributed by atoms with Gasteiger partial charge in [0, 0.05) is 63.8 Å². The summed E-state index contributed by atoms with van der Waals surface area (Å²) in [6, 6.07) is 6.45. The predicted molar refractivity (Wildman–Crippen MR) is 106 cm³/mol. The number of ketones is 1. The highest BCUT2D eigenvalue weighted by atomic mass is 16.2. The van der Waals surface area contributed by atoms with Crippen LogP contribution in [0.4, 0.5) is 0 Å². The second-order valence-electron chi connectivity index (χ2n) is 8.30. The first kappa shape index (κ1) is 20.0. The normalized spacial score (nSPS) is 25.9. The van der Waals surface area contributed by atoms with Crippen molar-refractivity contribution in [3.63, 3.8) is 0 Å². The summed E-state index contributed by atoms with van der Waals surface area (Å²) < 4.78 is 0. The van der Waals surface area contributed by atoms with Crippen molar-refractivity contribution in [3.05, 3.63) is 30.1 Å². The molecule has 1 amide bonds. The zero-order chi connectivity index (χ0) is 19.2. The number of likely N-dealkylation sites (tertiary alicyclic amines) is 1. The fourth-order valence-corrected chi connectivity index (χ4v) is 4.81. The number of pyridine rings is 1. The molecule has 0 unspecified atom stereocenters. The third-order valence-electron chi connectivity index (χ3n) is 6.18. The van der Waals surface area contributed by atoms with Crippen LogP contribution in [0.5, 0.6) is 0 Å². The molecule has 1 saturated carbocycles. The van der Waals surface area contributed by atoms with Gasteiger partial charge in [-0.05, 0) is 49.8 Å². The van der Waals surface area contributed by atoms with E-state index in [1.807, 2.05) is 30.1 Å². The van der Waals surface area contributed by atoms with Crippen LogP contribution in [-0.4, -0.2) is 59.2 Å². The van der Waals surface area contributed by atoms with Gasteiger partial charge in [0.05, 0.1) is 0 Å². The summed E-state index contributed by atoms with van der Waals surface area (Å²) in [6.45, 7) is 4.99. The summed E-state index contributed by atoms with van der Waals surface area (Å²) >= 11 is 0. The van der Waals surface area contributed by atoms with E-state index in [4.69, 9.17) is 0 Å². The monoisotopic (exact) mass is 371 g/mol. The number of Topliss-reactive ketones (excluding diaryl/α,β-unsaturated/α-hetero) is 1. The van der Waals surface area contributed by atoms with Crippen LogP contribution < -0.4 is 0 Å². The Labute approximate surface area is 163 Å². The molecule has 1 aliphatic carbocycles. The summed E-state index contributed by atoms with van der Waals surface area (Å²) in [5.41, 5.74) is 1.02. The molecule has 0 bridgehead atoms. The van der Waals surface area contributed by atoms with Gasteiger partial charge in [0.2, 0.25) is 5.91 Å². The minimum Gasteiger partial charge on any atom is -0.345 e. The van der Waals surface area contributed by atoms with E-state index in [0.29, 0.717) is 43.0 Å². The zero-order valence-electron chi connectivity index (χ0n) is 16.8. The molecule has 0 radical (unpaired) electrons. The number of hydrogen-bond acceptors (Lipinski definition) is 4. The minimum absolute atomic E-state index is 0.216. The zero-order valence-corrected chi connectivity index (χ0v) is 16.8. The van der Waals surface area contributed by atoms with Crippen LogP contribution in [0.25, 0.3) is 0 Å². The van der Waals surface area contributed by atoms with Crippen molar-refractivity contribution in [2.24, 2.45) is 11.8 Å². The number of amides is 1. The second kappa shape index (κ2) is 9.45. The molecule has 2 heterocycles. The minimum atomic E-state index is 0.216. The van der Waals surface area contributed by atoms with E-state index >= 15 is 0 Å². The number of fused-ring (bicyclic) bond motifs is 1. The van der Waals surface area contributed by atoms with Crippen LogP contribution in [0.15, 0.2) is 24.4 Å². The van der Waals surface area contributed by atoms with Crippen LogP contribution in [0.2, 0.25) is 0 Å². The summed E-state index contributed by atoms with van der Waals surface area (Å²) in [4.78, 5) is 33.4. The Balaban J connectivity index is 1.53. The highest BCUT2D eigenvalue weighted by Gasteiger charge is 2.39. The number of carbonyl (C=O) groups is 2. The number of hydrogen-bond donors (Lipinski definition) is 0. The van der Waals surface area contributed by atoms with Gasteiger partial charge in [0.15, 0.2) is 0 Å². The Hall–Kier alpha value is -1.75. The van der Waals surface area contributed by atoms with Crippen LogP contribution in [0, 0.1) is 11.8 Å². The quantitative estimate of drug-likeness (QED) is 0.739. The van der Waals surface area contributed by atoms with Gasteiger partial charge in [0.1, 0.15) is 5.78 Å². The highest BCUT2D eigenvalue weighted by molar-refractivity contribution is 5.79. The van der Waals surface area contributed by atoms with E-state index in [1.54, 1.807) is 6.20 Å². The fraction of sp³-hybridized carbons (Fsp3) is 0.682. The van der Waals surface area contributed by atoms with Crippen molar-refractivity contribution < 1.29 is 9.59 Å². The van der Waals surface area contributed by atoms with Gasteiger partial charge in [-0.2, -0.15) is 0 Å². The van der Waals surface area contributed by atoms with Gasteiger partial charge in [0.25, 0.3) is 0 Å². The first-order valence-electron chi connectivity index (χ1n) is 10.5.